The molecule has 236 valence electrons. The van der Waals surface area contributed by atoms with E-state index in [0.29, 0.717) is 33.5 Å². The van der Waals surface area contributed by atoms with E-state index in [1.807, 2.05) is 13.8 Å². The molecule has 1 atom stereocenters. The summed E-state index contributed by atoms with van der Waals surface area (Å²) in [5.41, 5.74) is 1.85. The molecule has 1 aliphatic rings. The van der Waals surface area contributed by atoms with Gasteiger partial charge >= 0.3 is 0 Å². The van der Waals surface area contributed by atoms with Gasteiger partial charge in [0.2, 0.25) is 11.8 Å². The van der Waals surface area contributed by atoms with Crippen LogP contribution < -0.4 is 14.4 Å². The SMILES string of the molecule is CC[C@@H](C(=O)NC1CCCCC1)N(Cc1ccc(Cl)cc1Cl)C(=O)CN(c1ccc(C)cc1)S(=O)(=O)c1ccc(OC)cc1. The van der Waals surface area contributed by atoms with E-state index in [4.69, 9.17) is 27.9 Å². The average molecular weight is 661 g/mol. The lowest BCUT2D eigenvalue weighted by molar-refractivity contribution is -0.140. The van der Waals surface area contributed by atoms with Gasteiger partial charge in [0.1, 0.15) is 18.3 Å². The highest BCUT2D eigenvalue weighted by molar-refractivity contribution is 7.92. The molecule has 0 unspecified atom stereocenters. The van der Waals surface area contributed by atoms with Gasteiger partial charge in [-0.15, -0.1) is 0 Å². The maximum atomic E-state index is 14.3. The first-order chi connectivity index (χ1) is 21.0. The molecule has 3 aromatic carbocycles. The summed E-state index contributed by atoms with van der Waals surface area (Å²) in [7, 11) is -2.70. The molecular weight excluding hydrogens is 621 g/mol. The third-order valence-electron chi connectivity index (χ3n) is 7.94. The fourth-order valence-electron chi connectivity index (χ4n) is 5.41. The van der Waals surface area contributed by atoms with Gasteiger partial charge in [-0.05, 0) is 80.3 Å². The number of aryl methyl sites for hydroxylation is 1. The number of rotatable bonds is 12. The first-order valence-electron chi connectivity index (χ1n) is 14.8. The molecule has 44 heavy (non-hydrogen) atoms. The number of carbonyl (C=O) groups excluding carboxylic acids is 2. The van der Waals surface area contributed by atoms with Crippen molar-refractivity contribution in [3.63, 3.8) is 0 Å². The third kappa shape index (κ3) is 8.25. The normalized spacial score (nSPS) is 14.5. The summed E-state index contributed by atoms with van der Waals surface area (Å²) in [6.45, 7) is 3.19. The number of benzene rings is 3. The number of sulfonamides is 1. The number of carbonyl (C=O) groups is 2. The molecule has 0 heterocycles. The summed E-state index contributed by atoms with van der Waals surface area (Å²) >= 11 is 12.6. The van der Waals surface area contributed by atoms with E-state index in [-0.39, 0.29) is 23.4 Å². The number of anilines is 1. The summed E-state index contributed by atoms with van der Waals surface area (Å²) < 4.78 is 34.4. The minimum atomic E-state index is -4.20. The zero-order chi connectivity index (χ0) is 31.9. The zero-order valence-corrected chi connectivity index (χ0v) is 27.6. The summed E-state index contributed by atoms with van der Waals surface area (Å²) in [5.74, 6) is -0.306. The number of nitrogens with one attached hydrogen (secondary N) is 1. The number of amides is 2. The van der Waals surface area contributed by atoms with Crippen LogP contribution in [-0.4, -0.2) is 50.9 Å². The number of hydrogen-bond acceptors (Lipinski definition) is 5. The first kappa shape index (κ1) is 33.6. The fourth-order valence-corrected chi connectivity index (χ4v) is 7.29. The van der Waals surface area contributed by atoms with Crippen LogP contribution in [0.1, 0.15) is 56.6 Å². The van der Waals surface area contributed by atoms with Crippen molar-refractivity contribution in [1.29, 1.82) is 0 Å². The smallest absolute Gasteiger partial charge is 0.264 e. The van der Waals surface area contributed by atoms with Crippen LogP contribution in [0.25, 0.3) is 0 Å². The molecule has 4 rings (SSSR count). The Bertz CT molecular complexity index is 1540. The predicted octanol–water partition coefficient (Wildman–Crippen LogP) is 6.76. The highest BCUT2D eigenvalue weighted by atomic mass is 35.5. The number of halogens is 2. The van der Waals surface area contributed by atoms with Crippen LogP contribution in [-0.2, 0) is 26.2 Å². The van der Waals surface area contributed by atoms with Crippen LogP contribution in [0.3, 0.4) is 0 Å². The molecule has 0 spiro atoms. The van der Waals surface area contributed by atoms with Gasteiger partial charge in [0, 0.05) is 22.6 Å². The molecular formula is C33H39Cl2N3O5S. The van der Waals surface area contributed by atoms with Crippen LogP contribution in [0.4, 0.5) is 5.69 Å². The van der Waals surface area contributed by atoms with Gasteiger partial charge < -0.3 is 15.0 Å². The Morgan fingerprint density at radius 2 is 1.64 bits per heavy atom. The molecule has 0 radical (unpaired) electrons. The van der Waals surface area contributed by atoms with Crippen molar-refractivity contribution in [2.24, 2.45) is 0 Å². The van der Waals surface area contributed by atoms with E-state index in [0.717, 1.165) is 42.0 Å². The second-order valence-electron chi connectivity index (χ2n) is 11.0. The van der Waals surface area contributed by atoms with Crippen molar-refractivity contribution in [3.05, 3.63) is 87.9 Å². The number of ether oxygens (including phenoxy) is 1. The molecule has 1 fully saturated rings. The van der Waals surface area contributed by atoms with Gasteiger partial charge in [-0.3, -0.25) is 13.9 Å². The van der Waals surface area contributed by atoms with Crippen molar-refractivity contribution in [3.8, 4) is 5.75 Å². The van der Waals surface area contributed by atoms with Crippen LogP contribution in [0.5, 0.6) is 5.75 Å². The summed E-state index contributed by atoms with van der Waals surface area (Å²) in [6.07, 6.45) is 5.33. The Balaban J connectivity index is 1.72. The van der Waals surface area contributed by atoms with E-state index < -0.39 is 28.5 Å². The lowest BCUT2D eigenvalue weighted by Crippen LogP contribution is -2.54. The van der Waals surface area contributed by atoms with Gasteiger partial charge in [-0.25, -0.2) is 8.42 Å². The molecule has 1 N–H and O–H groups in total. The van der Waals surface area contributed by atoms with E-state index >= 15 is 0 Å². The number of hydrogen-bond donors (Lipinski definition) is 1. The minimum absolute atomic E-state index is 0.000976. The highest BCUT2D eigenvalue weighted by Crippen LogP contribution is 2.28. The van der Waals surface area contributed by atoms with Crippen LogP contribution >= 0.6 is 23.2 Å². The second kappa shape index (κ2) is 15.1. The first-order valence-corrected chi connectivity index (χ1v) is 17.0. The van der Waals surface area contributed by atoms with Gasteiger partial charge in [-0.1, -0.05) is 73.2 Å². The quantitative estimate of drug-likeness (QED) is 0.232. The Morgan fingerprint density at radius 1 is 0.977 bits per heavy atom. The summed E-state index contributed by atoms with van der Waals surface area (Å²) in [5, 5.41) is 3.93. The average Bonchev–Trinajstić information content (AvgIpc) is 3.01. The maximum absolute atomic E-state index is 14.3. The van der Waals surface area contributed by atoms with Gasteiger partial charge in [0.05, 0.1) is 17.7 Å². The van der Waals surface area contributed by atoms with Crippen molar-refractivity contribution in [2.75, 3.05) is 18.0 Å². The van der Waals surface area contributed by atoms with Crippen LogP contribution in [0.15, 0.2) is 71.6 Å². The van der Waals surface area contributed by atoms with Gasteiger partial charge in [0.25, 0.3) is 10.0 Å². The lowest BCUT2D eigenvalue weighted by atomic mass is 9.95. The lowest BCUT2D eigenvalue weighted by Gasteiger charge is -2.34. The monoisotopic (exact) mass is 659 g/mol. The topological polar surface area (TPSA) is 96.0 Å². The predicted molar refractivity (Wildman–Crippen MR) is 175 cm³/mol. The molecule has 8 nitrogen and oxygen atoms in total. The van der Waals surface area contributed by atoms with Gasteiger partial charge in [0.15, 0.2) is 0 Å². The molecule has 0 aliphatic heterocycles. The van der Waals surface area contributed by atoms with Gasteiger partial charge in [-0.2, -0.15) is 0 Å². The van der Waals surface area contributed by atoms with Crippen molar-refractivity contribution >= 4 is 50.7 Å². The maximum Gasteiger partial charge on any atom is 0.264 e. The van der Waals surface area contributed by atoms with E-state index in [2.05, 4.69) is 5.32 Å². The minimum Gasteiger partial charge on any atom is -0.497 e. The van der Waals surface area contributed by atoms with E-state index in [1.165, 1.54) is 24.1 Å². The fraction of sp³-hybridized carbons (Fsp3) is 0.394. The molecule has 0 bridgehead atoms. The van der Waals surface area contributed by atoms with Crippen molar-refractivity contribution in [1.82, 2.24) is 10.2 Å². The third-order valence-corrected chi connectivity index (χ3v) is 10.3. The molecule has 3 aromatic rings. The number of nitrogens with zero attached hydrogens (tertiary/aromatic N) is 2. The zero-order valence-electron chi connectivity index (χ0n) is 25.3. The van der Waals surface area contributed by atoms with E-state index in [1.54, 1.807) is 54.6 Å². The Kier molecular flexibility index (Phi) is 11.6. The molecule has 1 aliphatic carbocycles. The highest BCUT2D eigenvalue weighted by Gasteiger charge is 2.34. The van der Waals surface area contributed by atoms with E-state index in [9.17, 15) is 18.0 Å². The summed E-state index contributed by atoms with van der Waals surface area (Å²) in [4.78, 5) is 29.4. The van der Waals surface area contributed by atoms with Crippen molar-refractivity contribution in [2.45, 2.75) is 75.9 Å². The van der Waals surface area contributed by atoms with Crippen LogP contribution in [0.2, 0.25) is 10.0 Å². The molecule has 11 heteroatoms. The van der Waals surface area contributed by atoms with Crippen molar-refractivity contribution < 1.29 is 22.7 Å². The standard InChI is InChI=1S/C33H39Cl2N3O5S/c1-4-31(33(40)36-26-8-6-5-7-9-26)37(21-24-12-13-25(34)20-30(24)35)32(39)22-38(27-14-10-23(2)11-15-27)44(41,42)29-18-16-28(43-3)17-19-29/h10-20,26,31H,4-9,21-22H2,1-3H3,(H,36,40)/t31-/m0/s1. The largest absolute Gasteiger partial charge is 0.497 e. The molecule has 0 saturated heterocycles. The molecule has 0 aromatic heterocycles. The second-order valence-corrected chi connectivity index (χ2v) is 13.8. The Labute approximate surface area is 270 Å². The van der Waals surface area contributed by atoms with Crippen LogP contribution in [0, 0.1) is 6.92 Å². The molecule has 1 saturated carbocycles. The number of methoxy groups -OCH3 is 1. The Hall–Kier alpha value is -3.27. The Morgan fingerprint density at radius 3 is 2.23 bits per heavy atom. The molecule has 2 amide bonds. The summed E-state index contributed by atoms with van der Waals surface area (Å²) in [6, 6.07) is 17.0.